The van der Waals surface area contributed by atoms with E-state index in [0.29, 0.717) is 34.7 Å². The fourth-order valence-corrected chi connectivity index (χ4v) is 3.29. The van der Waals surface area contributed by atoms with Crippen LogP contribution in [0.25, 0.3) is 0 Å². The molecule has 0 bridgehead atoms. The van der Waals surface area contributed by atoms with E-state index in [9.17, 15) is 14.4 Å². The first-order valence-electron chi connectivity index (χ1n) is 10.0. The van der Waals surface area contributed by atoms with Crippen molar-refractivity contribution in [1.82, 2.24) is 5.32 Å². The number of nitrogens with one attached hydrogen (secondary N) is 1. The largest absolute Gasteiger partial charge is 0.348 e. The summed E-state index contributed by atoms with van der Waals surface area (Å²) >= 11 is 6.11. The number of hydrogen-bond acceptors (Lipinski definition) is 5. The van der Waals surface area contributed by atoms with Crippen LogP contribution in [0.4, 0.5) is 0 Å². The molecule has 2 aromatic carbocycles. The molecule has 2 aromatic rings. The highest BCUT2D eigenvalue weighted by Gasteiger charge is 2.23. The second-order valence-corrected chi connectivity index (χ2v) is 7.66. The van der Waals surface area contributed by atoms with Crippen molar-refractivity contribution in [3.8, 4) is 0 Å². The molecule has 30 heavy (non-hydrogen) atoms. The molecular weight excluding hydrogens is 402 g/mol. The Balaban J connectivity index is 2.09. The van der Waals surface area contributed by atoms with Crippen molar-refractivity contribution in [3.63, 3.8) is 0 Å². The lowest BCUT2D eigenvalue weighted by atomic mass is 9.88. The summed E-state index contributed by atoms with van der Waals surface area (Å²) in [5.74, 6) is -1.40. The van der Waals surface area contributed by atoms with Gasteiger partial charge in [-0.15, -0.1) is 0 Å². The third-order valence-corrected chi connectivity index (χ3v) is 5.22. The van der Waals surface area contributed by atoms with Crippen molar-refractivity contribution >= 4 is 29.1 Å². The molecule has 1 unspecified atom stereocenters. The van der Waals surface area contributed by atoms with Gasteiger partial charge in [-0.2, -0.15) is 0 Å². The Labute approximate surface area is 182 Å². The summed E-state index contributed by atoms with van der Waals surface area (Å²) in [6, 6.07) is 13.0. The number of unbranched alkanes of at least 4 members (excludes halogenated alkanes) is 1. The minimum atomic E-state index is -0.676. The van der Waals surface area contributed by atoms with Gasteiger partial charge in [-0.1, -0.05) is 61.3 Å². The van der Waals surface area contributed by atoms with Crippen LogP contribution >= 0.6 is 11.6 Å². The molecule has 0 saturated heterocycles. The maximum Gasteiger partial charge on any atom is 0.237 e. The van der Waals surface area contributed by atoms with Gasteiger partial charge in [0.05, 0.1) is 12.6 Å². The van der Waals surface area contributed by atoms with Crippen molar-refractivity contribution in [3.05, 3.63) is 70.2 Å². The molecule has 0 aliphatic rings. The molecule has 0 aliphatic heterocycles. The van der Waals surface area contributed by atoms with Gasteiger partial charge in [-0.25, -0.2) is 0 Å². The standard InChI is InChI=1S/C23H28ClN3O3/c1-15(21(28)14-27-23(30)20(26)9-5-6-12-25)18-11-10-17(24)13-19(18)22(29)16-7-3-2-4-8-16/h2-4,7-8,10-11,13,15,20H,5-6,9,12,14,25-26H2,1H3,(H,27,30)/t15?,20-/m0/s1. The number of rotatable bonds is 11. The molecule has 5 N–H and O–H groups in total. The van der Waals surface area contributed by atoms with Crippen molar-refractivity contribution < 1.29 is 14.4 Å². The number of carbonyl (C=O) groups excluding carboxylic acids is 3. The van der Waals surface area contributed by atoms with Crippen LogP contribution in [0.2, 0.25) is 5.02 Å². The maximum atomic E-state index is 13.0. The van der Waals surface area contributed by atoms with E-state index in [1.807, 2.05) is 6.07 Å². The lowest BCUT2D eigenvalue weighted by molar-refractivity contribution is -0.126. The average molecular weight is 430 g/mol. The number of carbonyl (C=O) groups is 3. The zero-order chi connectivity index (χ0) is 22.1. The Bertz CT molecular complexity index is 887. The van der Waals surface area contributed by atoms with Crippen LogP contribution in [0.5, 0.6) is 0 Å². The van der Waals surface area contributed by atoms with Crippen molar-refractivity contribution in [1.29, 1.82) is 0 Å². The molecule has 2 rings (SSSR count). The average Bonchev–Trinajstić information content (AvgIpc) is 2.76. The van der Waals surface area contributed by atoms with Crippen LogP contribution in [-0.4, -0.2) is 36.6 Å². The van der Waals surface area contributed by atoms with E-state index in [1.165, 1.54) is 0 Å². The zero-order valence-corrected chi connectivity index (χ0v) is 17.8. The maximum absolute atomic E-state index is 13.0. The predicted octanol–water partition coefficient (Wildman–Crippen LogP) is 2.82. The predicted molar refractivity (Wildman–Crippen MR) is 119 cm³/mol. The molecule has 0 spiro atoms. The lowest BCUT2D eigenvalue weighted by Gasteiger charge is -2.17. The molecule has 0 aromatic heterocycles. The molecular formula is C23H28ClN3O3. The minimum absolute atomic E-state index is 0.161. The third-order valence-electron chi connectivity index (χ3n) is 4.99. The van der Waals surface area contributed by atoms with Gasteiger partial charge in [-0.3, -0.25) is 14.4 Å². The van der Waals surface area contributed by atoms with Gasteiger partial charge >= 0.3 is 0 Å². The smallest absolute Gasteiger partial charge is 0.237 e. The topological polar surface area (TPSA) is 115 Å². The minimum Gasteiger partial charge on any atom is -0.348 e. The van der Waals surface area contributed by atoms with Crippen LogP contribution in [0.3, 0.4) is 0 Å². The van der Waals surface area contributed by atoms with Gasteiger partial charge in [0.15, 0.2) is 11.6 Å². The SMILES string of the molecule is CC(C(=O)CNC(=O)[C@@H](N)CCCCN)c1ccc(Cl)cc1C(=O)c1ccccc1. The Morgan fingerprint density at radius 2 is 1.77 bits per heavy atom. The Morgan fingerprint density at radius 3 is 2.43 bits per heavy atom. The van der Waals surface area contributed by atoms with E-state index >= 15 is 0 Å². The Hall–Kier alpha value is -2.54. The number of benzene rings is 2. The van der Waals surface area contributed by atoms with Crippen LogP contribution in [0, 0.1) is 0 Å². The molecule has 0 aliphatic carbocycles. The molecule has 160 valence electrons. The number of nitrogens with two attached hydrogens (primary N) is 2. The molecule has 0 fully saturated rings. The molecule has 0 radical (unpaired) electrons. The summed E-state index contributed by atoms with van der Waals surface area (Å²) < 4.78 is 0. The first kappa shape index (κ1) is 23.7. The van der Waals surface area contributed by atoms with Crippen LogP contribution < -0.4 is 16.8 Å². The van der Waals surface area contributed by atoms with Gasteiger partial charge in [0.2, 0.25) is 5.91 Å². The van der Waals surface area contributed by atoms with E-state index in [0.717, 1.165) is 12.8 Å². The monoisotopic (exact) mass is 429 g/mol. The van der Waals surface area contributed by atoms with Crippen molar-refractivity contribution in [2.24, 2.45) is 11.5 Å². The van der Waals surface area contributed by atoms with E-state index in [4.69, 9.17) is 23.1 Å². The van der Waals surface area contributed by atoms with Crippen LogP contribution in [0.15, 0.2) is 48.5 Å². The van der Waals surface area contributed by atoms with Gasteiger partial charge in [0.1, 0.15) is 0 Å². The number of ketones is 2. The highest BCUT2D eigenvalue weighted by Crippen LogP contribution is 2.26. The summed E-state index contributed by atoms with van der Waals surface area (Å²) in [6.45, 7) is 2.10. The van der Waals surface area contributed by atoms with E-state index in [-0.39, 0.29) is 24.0 Å². The summed E-state index contributed by atoms with van der Waals surface area (Å²) in [6.07, 6.45) is 2.07. The molecule has 0 saturated carbocycles. The Morgan fingerprint density at radius 1 is 1.07 bits per heavy atom. The summed E-state index contributed by atoms with van der Waals surface area (Å²) in [7, 11) is 0. The molecule has 0 heterocycles. The summed E-state index contributed by atoms with van der Waals surface area (Å²) in [5.41, 5.74) is 12.7. The highest BCUT2D eigenvalue weighted by molar-refractivity contribution is 6.31. The first-order chi connectivity index (χ1) is 14.3. The quantitative estimate of drug-likeness (QED) is 0.375. The number of hydrogen-bond donors (Lipinski definition) is 3. The molecule has 6 nitrogen and oxygen atoms in total. The lowest BCUT2D eigenvalue weighted by Crippen LogP contribution is -2.43. The number of amides is 1. The van der Waals surface area contributed by atoms with Gasteiger partial charge in [0.25, 0.3) is 0 Å². The summed E-state index contributed by atoms with van der Waals surface area (Å²) in [4.78, 5) is 37.8. The van der Waals surface area contributed by atoms with Gasteiger partial charge < -0.3 is 16.8 Å². The fourth-order valence-electron chi connectivity index (χ4n) is 3.12. The molecule has 2 atom stereocenters. The second-order valence-electron chi connectivity index (χ2n) is 7.22. The van der Waals surface area contributed by atoms with Crippen LogP contribution in [-0.2, 0) is 9.59 Å². The van der Waals surface area contributed by atoms with Crippen molar-refractivity contribution in [2.75, 3.05) is 13.1 Å². The van der Waals surface area contributed by atoms with Gasteiger partial charge in [0, 0.05) is 22.1 Å². The first-order valence-corrected chi connectivity index (χ1v) is 10.4. The van der Waals surface area contributed by atoms with Crippen molar-refractivity contribution in [2.45, 2.75) is 38.1 Å². The fraction of sp³-hybridized carbons (Fsp3) is 0.348. The van der Waals surface area contributed by atoms with E-state index in [2.05, 4.69) is 5.32 Å². The molecule has 7 heteroatoms. The summed E-state index contributed by atoms with van der Waals surface area (Å²) in [5, 5.41) is 3.01. The molecule has 1 amide bonds. The second kappa shape index (κ2) is 11.6. The highest BCUT2D eigenvalue weighted by atomic mass is 35.5. The third kappa shape index (κ3) is 6.49. The number of halogens is 1. The normalized spacial score (nSPS) is 12.8. The van der Waals surface area contributed by atoms with Gasteiger partial charge in [-0.05, 0) is 37.1 Å². The number of Topliss-reactive ketones (excluding diaryl/α,β-unsaturated/α-hetero) is 1. The van der Waals surface area contributed by atoms with E-state index in [1.54, 1.807) is 49.4 Å². The van der Waals surface area contributed by atoms with E-state index < -0.39 is 12.0 Å². The zero-order valence-electron chi connectivity index (χ0n) is 17.1. The van der Waals surface area contributed by atoms with Crippen LogP contribution in [0.1, 0.15) is 53.6 Å². The Kier molecular flexibility index (Phi) is 9.17.